The summed E-state index contributed by atoms with van der Waals surface area (Å²) in [6, 6.07) is 4.49. The highest BCUT2D eigenvalue weighted by atomic mass is 19.3. The van der Waals surface area contributed by atoms with Crippen LogP contribution in [0.4, 0.5) is 8.78 Å². The summed E-state index contributed by atoms with van der Waals surface area (Å²) in [5, 5.41) is 9.46. The lowest BCUT2D eigenvalue weighted by atomic mass is 9.92. The Morgan fingerprint density at radius 3 is 2.43 bits per heavy atom. The Morgan fingerprint density at radius 1 is 1.43 bits per heavy atom. The average molecular weight is 201 g/mol. The van der Waals surface area contributed by atoms with Crippen molar-refractivity contribution in [3.63, 3.8) is 0 Å². The number of hydrogen-bond donors (Lipinski definition) is 2. The summed E-state index contributed by atoms with van der Waals surface area (Å²) in [5.41, 5.74) is 4.48. The lowest BCUT2D eigenvalue weighted by molar-refractivity contribution is 0.0611. The molecule has 1 rings (SSSR count). The molecular formula is C10H13F2NO. The predicted octanol–water partition coefficient (Wildman–Crippen LogP) is 2.14. The monoisotopic (exact) mass is 201 g/mol. The third-order valence-electron chi connectivity index (χ3n) is 2.19. The number of alkyl halides is 2. The summed E-state index contributed by atoms with van der Waals surface area (Å²) < 4.78 is 25.1. The van der Waals surface area contributed by atoms with Crippen molar-refractivity contribution in [1.82, 2.24) is 0 Å². The maximum absolute atomic E-state index is 12.5. The first kappa shape index (κ1) is 10.9. The van der Waals surface area contributed by atoms with E-state index in [9.17, 15) is 13.9 Å². The summed E-state index contributed by atoms with van der Waals surface area (Å²) in [6.45, 7) is 2.96. The number of phenolic OH excluding ortho intramolecular Hbond substituents is 1. The molecule has 0 fully saturated rings. The largest absolute Gasteiger partial charge is 0.508 e. The van der Waals surface area contributed by atoms with Gasteiger partial charge in [0, 0.05) is 5.56 Å². The number of rotatable bonds is 2. The van der Waals surface area contributed by atoms with Crippen LogP contribution in [0.1, 0.15) is 18.1 Å². The molecule has 0 spiro atoms. The van der Waals surface area contributed by atoms with Crippen LogP contribution in [-0.2, 0) is 5.54 Å². The fraction of sp³-hybridized carbons (Fsp3) is 0.400. The van der Waals surface area contributed by atoms with E-state index < -0.39 is 12.0 Å². The summed E-state index contributed by atoms with van der Waals surface area (Å²) >= 11 is 0. The van der Waals surface area contributed by atoms with Gasteiger partial charge in [-0.25, -0.2) is 8.78 Å². The number of phenols is 1. The SMILES string of the molecule is Cc1ccc(C(C)(N)C(F)F)c(O)c1. The standard InChI is InChI=1S/C10H13F2NO/c1-6-3-4-7(8(14)5-6)10(2,13)9(11)12/h3-5,9,14H,13H2,1-2H3. The molecule has 0 heterocycles. The third kappa shape index (κ3) is 1.85. The number of aromatic hydroxyl groups is 1. The van der Waals surface area contributed by atoms with E-state index in [0.29, 0.717) is 0 Å². The van der Waals surface area contributed by atoms with Gasteiger partial charge in [0.05, 0.1) is 0 Å². The van der Waals surface area contributed by atoms with Crippen molar-refractivity contribution in [1.29, 1.82) is 0 Å². The Kier molecular flexibility index (Phi) is 2.76. The van der Waals surface area contributed by atoms with Crippen LogP contribution in [0.2, 0.25) is 0 Å². The van der Waals surface area contributed by atoms with Crippen molar-refractivity contribution in [3.8, 4) is 5.75 Å². The van der Waals surface area contributed by atoms with E-state index in [0.717, 1.165) is 5.56 Å². The minimum absolute atomic E-state index is 0.0677. The van der Waals surface area contributed by atoms with E-state index in [1.54, 1.807) is 13.0 Å². The van der Waals surface area contributed by atoms with Gasteiger partial charge in [0.15, 0.2) is 0 Å². The Bertz CT molecular complexity index is 337. The predicted molar refractivity (Wildman–Crippen MR) is 50.4 cm³/mol. The number of halogens is 2. The number of hydrogen-bond acceptors (Lipinski definition) is 2. The van der Waals surface area contributed by atoms with Gasteiger partial charge in [0.2, 0.25) is 0 Å². The topological polar surface area (TPSA) is 46.2 Å². The molecule has 0 amide bonds. The van der Waals surface area contributed by atoms with Gasteiger partial charge in [-0.2, -0.15) is 0 Å². The zero-order valence-electron chi connectivity index (χ0n) is 8.09. The molecule has 0 radical (unpaired) electrons. The van der Waals surface area contributed by atoms with Gasteiger partial charge in [-0.15, -0.1) is 0 Å². The van der Waals surface area contributed by atoms with E-state index in [2.05, 4.69) is 0 Å². The average Bonchev–Trinajstić information content (AvgIpc) is 2.02. The van der Waals surface area contributed by atoms with Gasteiger partial charge in [-0.1, -0.05) is 12.1 Å². The Hall–Kier alpha value is -1.16. The molecule has 1 aromatic carbocycles. The Morgan fingerprint density at radius 2 is 2.00 bits per heavy atom. The second kappa shape index (κ2) is 3.53. The van der Waals surface area contributed by atoms with Gasteiger partial charge in [-0.05, 0) is 25.5 Å². The van der Waals surface area contributed by atoms with Crippen LogP contribution in [0, 0.1) is 6.92 Å². The molecule has 0 saturated heterocycles. The van der Waals surface area contributed by atoms with Gasteiger partial charge in [0.1, 0.15) is 11.3 Å². The molecule has 0 bridgehead atoms. The molecule has 1 atom stereocenters. The minimum atomic E-state index is -2.71. The number of aryl methyl sites for hydroxylation is 1. The molecule has 1 aromatic rings. The molecule has 2 nitrogen and oxygen atoms in total. The summed E-state index contributed by atoms with van der Waals surface area (Å²) in [6.07, 6.45) is -2.71. The minimum Gasteiger partial charge on any atom is -0.508 e. The molecule has 0 aliphatic rings. The molecule has 4 heteroatoms. The van der Waals surface area contributed by atoms with E-state index in [4.69, 9.17) is 5.73 Å². The van der Waals surface area contributed by atoms with Gasteiger partial charge < -0.3 is 10.8 Å². The summed E-state index contributed by atoms with van der Waals surface area (Å²) in [4.78, 5) is 0. The van der Waals surface area contributed by atoms with Crippen molar-refractivity contribution in [2.75, 3.05) is 0 Å². The van der Waals surface area contributed by atoms with Crippen LogP contribution >= 0.6 is 0 Å². The molecular weight excluding hydrogens is 188 g/mol. The lowest BCUT2D eigenvalue weighted by Crippen LogP contribution is -2.40. The Labute approximate surface area is 81.4 Å². The molecule has 14 heavy (non-hydrogen) atoms. The van der Waals surface area contributed by atoms with Crippen LogP contribution < -0.4 is 5.73 Å². The molecule has 0 aliphatic heterocycles. The first-order valence-electron chi connectivity index (χ1n) is 4.23. The van der Waals surface area contributed by atoms with Crippen LogP contribution in [0.15, 0.2) is 18.2 Å². The fourth-order valence-electron chi connectivity index (χ4n) is 1.21. The normalized spacial score (nSPS) is 15.6. The molecule has 0 aromatic heterocycles. The highest BCUT2D eigenvalue weighted by Gasteiger charge is 2.34. The van der Waals surface area contributed by atoms with Crippen LogP contribution in [0.3, 0.4) is 0 Å². The maximum atomic E-state index is 12.5. The zero-order chi connectivity index (χ0) is 10.9. The quantitative estimate of drug-likeness (QED) is 0.770. The summed E-state index contributed by atoms with van der Waals surface area (Å²) in [5.74, 6) is -0.185. The van der Waals surface area contributed by atoms with Crippen molar-refractivity contribution in [2.24, 2.45) is 5.73 Å². The molecule has 0 saturated carbocycles. The molecule has 3 N–H and O–H groups in total. The lowest BCUT2D eigenvalue weighted by Gasteiger charge is -2.25. The first-order chi connectivity index (χ1) is 6.35. The van der Waals surface area contributed by atoms with E-state index >= 15 is 0 Å². The highest BCUT2D eigenvalue weighted by Crippen LogP contribution is 2.32. The second-order valence-electron chi connectivity index (χ2n) is 3.60. The summed E-state index contributed by atoms with van der Waals surface area (Å²) in [7, 11) is 0. The Balaban J connectivity index is 3.19. The molecule has 78 valence electrons. The van der Waals surface area contributed by atoms with Crippen LogP contribution in [-0.4, -0.2) is 11.5 Å². The van der Waals surface area contributed by atoms with E-state index in [1.807, 2.05) is 0 Å². The highest BCUT2D eigenvalue weighted by molar-refractivity contribution is 5.40. The maximum Gasteiger partial charge on any atom is 0.260 e. The van der Waals surface area contributed by atoms with Gasteiger partial charge >= 0.3 is 0 Å². The molecule has 1 unspecified atom stereocenters. The molecule has 0 aliphatic carbocycles. The number of benzene rings is 1. The van der Waals surface area contributed by atoms with Crippen molar-refractivity contribution < 1.29 is 13.9 Å². The first-order valence-corrected chi connectivity index (χ1v) is 4.23. The van der Waals surface area contributed by atoms with Crippen molar-refractivity contribution >= 4 is 0 Å². The smallest absolute Gasteiger partial charge is 0.260 e. The van der Waals surface area contributed by atoms with E-state index in [-0.39, 0.29) is 11.3 Å². The van der Waals surface area contributed by atoms with Gasteiger partial charge in [0.25, 0.3) is 6.43 Å². The van der Waals surface area contributed by atoms with Crippen LogP contribution in [0.5, 0.6) is 5.75 Å². The number of nitrogens with two attached hydrogens (primary N) is 1. The van der Waals surface area contributed by atoms with Gasteiger partial charge in [-0.3, -0.25) is 0 Å². The van der Waals surface area contributed by atoms with Crippen molar-refractivity contribution in [2.45, 2.75) is 25.8 Å². The fourth-order valence-corrected chi connectivity index (χ4v) is 1.21. The van der Waals surface area contributed by atoms with Crippen molar-refractivity contribution in [3.05, 3.63) is 29.3 Å². The third-order valence-corrected chi connectivity index (χ3v) is 2.19. The van der Waals surface area contributed by atoms with E-state index in [1.165, 1.54) is 19.1 Å². The zero-order valence-corrected chi connectivity index (χ0v) is 8.09. The second-order valence-corrected chi connectivity index (χ2v) is 3.60. The van der Waals surface area contributed by atoms with Crippen LogP contribution in [0.25, 0.3) is 0 Å².